The van der Waals surface area contributed by atoms with Crippen LogP contribution in [-0.2, 0) is 6.54 Å². The van der Waals surface area contributed by atoms with Crippen LogP contribution >= 0.6 is 11.8 Å². The average Bonchev–Trinajstić information content (AvgIpc) is 2.86. The Balaban J connectivity index is 1.56. The van der Waals surface area contributed by atoms with Crippen LogP contribution in [0.25, 0.3) is 5.65 Å². The lowest BCUT2D eigenvalue weighted by Crippen LogP contribution is -2.22. The molecule has 0 radical (unpaired) electrons. The third kappa shape index (κ3) is 2.62. The number of nitrogens with zero attached hydrogens (tertiary/aromatic N) is 3. The summed E-state index contributed by atoms with van der Waals surface area (Å²) in [5.41, 5.74) is 2.31. The summed E-state index contributed by atoms with van der Waals surface area (Å²) in [4.78, 5) is 1.41. The average molecular weight is 310 g/mol. The SMILES string of the molecule is c1ccc2c(c1)SCCC[C@H]2NCc1nnc2ccccn12. The summed E-state index contributed by atoms with van der Waals surface area (Å²) in [7, 11) is 0. The van der Waals surface area contributed by atoms with Crippen LogP contribution in [0, 0.1) is 0 Å². The van der Waals surface area contributed by atoms with Gasteiger partial charge in [0.05, 0.1) is 6.54 Å². The zero-order valence-electron chi connectivity index (χ0n) is 12.3. The maximum Gasteiger partial charge on any atom is 0.160 e. The van der Waals surface area contributed by atoms with E-state index in [-0.39, 0.29) is 0 Å². The molecule has 0 fully saturated rings. The van der Waals surface area contributed by atoms with Crippen LogP contribution in [0.2, 0.25) is 0 Å². The van der Waals surface area contributed by atoms with E-state index in [1.165, 1.54) is 29.1 Å². The Morgan fingerprint density at radius 1 is 1.14 bits per heavy atom. The molecule has 5 heteroatoms. The predicted octanol–water partition coefficient (Wildman–Crippen LogP) is 3.45. The van der Waals surface area contributed by atoms with E-state index in [0.717, 1.165) is 18.0 Å². The fourth-order valence-corrected chi connectivity index (χ4v) is 4.05. The fraction of sp³-hybridized carbons (Fsp3) is 0.294. The molecule has 0 saturated heterocycles. The molecule has 0 spiro atoms. The van der Waals surface area contributed by atoms with Gasteiger partial charge < -0.3 is 5.32 Å². The Hall–Kier alpha value is -1.85. The van der Waals surface area contributed by atoms with Gasteiger partial charge in [-0.25, -0.2) is 0 Å². The lowest BCUT2D eigenvalue weighted by molar-refractivity contribution is 0.483. The van der Waals surface area contributed by atoms with Crippen LogP contribution in [0.15, 0.2) is 53.6 Å². The first-order valence-corrected chi connectivity index (χ1v) is 8.64. The van der Waals surface area contributed by atoms with E-state index in [2.05, 4.69) is 39.8 Å². The van der Waals surface area contributed by atoms with Gasteiger partial charge >= 0.3 is 0 Å². The Morgan fingerprint density at radius 3 is 3.05 bits per heavy atom. The molecule has 4 nitrogen and oxygen atoms in total. The molecule has 4 rings (SSSR count). The molecule has 0 amide bonds. The summed E-state index contributed by atoms with van der Waals surface area (Å²) in [5.74, 6) is 2.16. The number of thioether (sulfide) groups is 1. The molecule has 22 heavy (non-hydrogen) atoms. The highest BCUT2D eigenvalue weighted by Crippen LogP contribution is 2.34. The van der Waals surface area contributed by atoms with Crippen molar-refractivity contribution in [2.45, 2.75) is 30.3 Å². The lowest BCUT2D eigenvalue weighted by Gasteiger charge is -2.18. The first-order chi connectivity index (χ1) is 10.9. The number of aromatic nitrogens is 3. The molecule has 0 saturated carbocycles. The molecular weight excluding hydrogens is 292 g/mol. The standard InChI is InChI=1S/C17H18N4S/c1-2-8-15-13(6-1)14(7-5-11-22-15)18-12-17-20-19-16-9-3-4-10-21(16)17/h1-4,6,8-10,14,18H,5,7,11-12H2/t14-/m1/s1. The maximum absolute atomic E-state index is 4.30. The molecule has 112 valence electrons. The van der Waals surface area contributed by atoms with Crippen molar-refractivity contribution in [2.75, 3.05) is 5.75 Å². The smallest absolute Gasteiger partial charge is 0.160 e. The van der Waals surface area contributed by atoms with E-state index >= 15 is 0 Å². The summed E-state index contributed by atoms with van der Waals surface area (Å²) in [6, 6.07) is 15.1. The van der Waals surface area contributed by atoms with Crippen molar-refractivity contribution in [3.63, 3.8) is 0 Å². The van der Waals surface area contributed by atoms with Crippen molar-refractivity contribution in [2.24, 2.45) is 0 Å². The van der Waals surface area contributed by atoms with Gasteiger partial charge in [-0.3, -0.25) is 4.40 Å². The van der Waals surface area contributed by atoms with Crippen molar-refractivity contribution >= 4 is 17.4 Å². The topological polar surface area (TPSA) is 42.2 Å². The minimum absolute atomic E-state index is 0.391. The number of hydrogen-bond acceptors (Lipinski definition) is 4. The van der Waals surface area contributed by atoms with Crippen LogP contribution in [0.5, 0.6) is 0 Å². The molecule has 0 bridgehead atoms. The van der Waals surface area contributed by atoms with Crippen molar-refractivity contribution in [1.29, 1.82) is 0 Å². The van der Waals surface area contributed by atoms with Crippen molar-refractivity contribution in [3.05, 3.63) is 60.0 Å². The van der Waals surface area contributed by atoms with Gasteiger partial charge in [0.15, 0.2) is 11.5 Å². The highest BCUT2D eigenvalue weighted by molar-refractivity contribution is 7.99. The summed E-state index contributed by atoms with van der Waals surface area (Å²) >= 11 is 1.97. The molecular formula is C17H18N4S. The molecule has 0 unspecified atom stereocenters. The van der Waals surface area contributed by atoms with Gasteiger partial charge in [-0.15, -0.1) is 22.0 Å². The third-order valence-electron chi connectivity index (χ3n) is 4.08. The molecule has 1 N–H and O–H groups in total. The zero-order valence-corrected chi connectivity index (χ0v) is 13.1. The molecule has 2 aromatic heterocycles. The number of hydrogen-bond donors (Lipinski definition) is 1. The summed E-state index contributed by atoms with van der Waals surface area (Å²) in [5, 5.41) is 12.2. The Labute approximate surface area is 134 Å². The molecule has 3 aromatic rings. The quantitative estimate of drug-likeness (QED) is 0.804. The molecule has 1 atom stereocenters. The van der Waals surface area contributed by atoms with Crippen molar-refractivity contribution in [3.8, 4) is 0 Å². The Kier molecular flexibility index (Phi) is 3.83. The van der Waals surface area contributed by atoms with Crippen LogP contribution in [-0.4, -0.2) is 20.4 Å². The summed E-state index contributed by atoms with van der Waals surface area (Å²) < 4.78 is 2.05. The predicted molar refractivity (Wildman–Crippen MR) is 89.0 cm³/mol. The van der Waals surface area contributed by atoms with Gasteiger partial charge in [0.1, 0.15) is 0 Å². The van der Waals surface area contributed by atoms with Crippen LogP contribution < -0.4 is 5.32 Å². The van der Waals surface area contributed by atoms with Crippen LogP contribution in [0.3, 0.4) is 0 Å². The molecule has 1 aromatic carbocycles. The van der Waals surface area contributed by atoms with Gasteiger partial charge in [-0.1, -0.05) is 24.3 Å². The van der Waals surface area contributed by atoms with Crippen molar-refractivity contribution < 1.29 is 0 Å². The van der Waals surface area contributed by atoms with E-state index < -0.39 is 0 Å². The summed E-state index contributed by atoms with van der Waals surface area (Å²) in [6.07, 6.45) is 4.42. The largest absolute Gasteiger partial charge is 0.303 e. The molecule has 0 aliphatic carbocycles. The molecule has 3 heterocycles. The second-order valence-electron chi connectivity index (χ2n) is 5.51. The van der Waals surface area contributed by atoms with Crippen molar-refractivity contribution in [1.82, 2.24) is 19.9 Å². The number of nitrogens with one attached hydrogen (secondary N) is 1. The van der Waals surface area contributed by atoms with E-state index in [0.29, 0.717) is 6.04 Å². The fourth-order valence-electron chi connectivity index (χ4n) is 2.96. The minimum Gasteiger partial charge on any atom is -0.303 e. The molecule has 1 aliphatic heterocycles. The zero-order chi connectivity index (χ0) is 14.8. The number of pyridine rings is 1. The van der Waals surface area contributed by atoms with E-state index in [9.17, 15) is 0 Å². The first kappa shape index (κ1) is 13.8. The van der Waals surface area contributed by atoms with E-state index in [1.54, 1.807) is 0 Å². The third-order valence-corrected chi connectivity index (χ3v) is 5.26. The maximum atomic E-state index is 4.30. The lowest BCUT2D eigenvalue weighted by atomic mass is 10.0. The number of rotatable bonds is 3. The van der Waals surface area contributed by atoms with Gasteiger partial charge in [0.2, 0.25) is 0 Å². The number of fused-ring (bicyclic) bond motifs is 2. The Bertz CT molecular complexity index is 783. The van der Waals surface area contributed by atoms with Gasteiger partial charge in [-0.05, 0) is 42.4 Å². The number of benzene rings is 1. The van der Waals surface area contributed by atoms with E-state index in [1.807, 2.05) is 40.6 Å². The minimum atomic E-state index is 0.391. The normalized spacial score (nSPS) is 18.1. The monoisotopic (exact) mass is 310 g/mol. The van der Waals surface area contributed by atoms with Gasteiger partial charge in [0, 0.05) is 17.1 Å². The van der Waals surface area contributed by atoms with Gasteiger partial charge in [0.25, 0.3) is 0 Å². The van der Waals surface area contributed by atoms with E-state index in [4.69, 9.17) is 0 Å². The summed E-state index contributed by atoms with van der Waals surface area (Å²) in [6.45, 7) is 0.731. The Morgan fingerprint density at radius 2 is 2.05 bits per heavy atom. The second kappa shape index (κ2) is 6.10. The molecule has 1 aliphatic rings. The second-order valence-corrected chi connectivity index (χ2v) is 6.64. The van der Waals surface area contributed by atoms with Gasteiger partial charge in [-0.2, -0.15) is 0 Å². The van der Waals surface area contributed by atoms with Crippen LogP contribution in [0.4, 0.5) is 0 Å². The first-order valence-electron chi connectivity index (χ1n) is 7.65. The van der Waals surface area contributed by atoms with Crippen LogP contribution in [0.1, 0.15) is 30.3 Å². The highest BCUT2D eigenvalue weighted by Gasteiger charge is 2.18. The highest BCUT2D eigenvalue weighted by atomic mass is 32.2.